The summed E-state index contributed by atoms with van der Waals surface area (Å²) < 4.78 is 0. The summed E-state index contributed by atoms with van der Waals surface area (Å²) in [5.41, 5.74) is 4.65. The highest BCUT2D eigenvalue weighted by molar-refractivity contribution is 8.00. The maximum Gasteiger partial charge on any atom is 0.234 e. The SMILES string of the molecule is Cc1ccc(SCC(=O)Nc2ccc(N3CCCC3)cc2)cc1C. The Hall–Kier alpha value is -1.94. The van der Waals surface area contributed by atoms with Crippen LogP contribution in [0.15, 0.2) is 47.4 Å². The van der Waals surface area contributed by atoms with Crippen molar-refractivity contribution >= 4 is 29.0 Å². The van der Waals surface area contributed by atoms with Crippen LogP contribution in [0, 0.1) is 13.8 Å². The van der Waals surface area contributed by atoms with Gasteiger partial charge in [-0.3, -0.25) is 4.79 Å². The lowest BCUT2D eigenvalue weighted by atomic mass is 10.1. The van der Waals surface area contributed by atoms with Gasteiger partial charge in [0.15, 0.2) is 0 Å². The van der Waals surface area contributed by atoms with Gasteiger partial charge in [0.05, 0.1) is 5.75 Å². The van der Waals surface area contributed by atoms with Crippen LogP contribution in [0.3, 0.4) is 0 Å². The van der Waals surface area contributed by atoms with Gasteiger partial charge in [-0.2, -0.15) is 0 Å². The van der Waals surface area contributed by atoms with Crippen molar-refractivity contribution in [2.75, 3.05) is 29.1 Å². The number of thioether (sulfide) groups is 1. The van der Waals surface area contributed by atoms with E-state index in [0.29, 0.717) is 5.75 Å². The van der Waals surface area contributed by atoms with Crippen LogP contribution in [-0.2, 0) is 4.79 Å². The summed E-state index contributed by atoms with van der Waals surface area (Å²) in [5, 5.41) is 2.98. The Morgan fingerprint density at radius 1 is 1.04 bits per heavy atom. The molecule has 1 N–H and O–H groups in total. The monoisotopic (exact) mass is 340 g/mol. The molecule has 1 heterocycles. The van der Waals surface area contributed by atoms with E-state index < -0.39 is 0 Å². The molecule has 126 valence electrons. The molecular formula is C20H24N2OS. The number of nitrogens with zero attached hydrogens (tertiary/aromatic N) is 1. The molecule has 2 aromatic carbocycles. The van der Waals surface area contributed by atoms with Gasteiger partial charge in [0.2, 0.25) is 5.91 Å². The van der Waals surface area contributed by atoms with Gasteiger partial charge in [0.1, 0.15) is 0 Å². The molecular weight excluding hydrogens is 316 g/mol. The smallest absolute Gasteiger partial charge is 0.234 e. The number of carbonyl (C=O) groups excluding carboxylic acids is 1. The predicted octanol–water partition coefficient (Wildman–Crippen LogP) is 4.63. The number of hydrogen-bond acceptors (Lipinski definition) is 3. The lowest BCUT2D eigenvalue weighted by Gasteiger charge is -2.17. The van der Waals surface area contributed by atoms with Crippen LogP contribution in [0.4, 0.5) is 11.4 Å². The van der Waals surface area contributed by atoms with Gasteiger partial charge in [0.25, 0.3) is 0 Å². The van der Waals surface area contributed by atoms with Gasteiger partial charge in [-0.15, -0.1) is 11.8 Å². The Labute approximate surface area is 148 Å². The topological polar surface area (TPSA) is 32.3 Å². The van der Waals surface area contributed by atoms with Crippen molar-refractivity contribution in [1.29, 1.82) is 0 Å². The molecule has 4 heteroatoms. The number of carbonyl (C=O) groups is 1. The maximum atomic E-state index is 12.1. The third-order valence-corrected chi connectivity index (χ3v) is 5.46. The van der Waals surface area contributed by atoms with Gasteiger partial charge in [-0.05, 0) is 74.2 Å². The number of anilines is 2. The van der Waals surface area contributed by atoms with Crippen molar-refractivity contribution in [2.24, 2.45) is 0 Å². The highest BCUT2D eigenvalue weighted by Crippen LogP contribution is 2.23. The van der Waals surface area contributed by atoms with Crippen LogP contribution in [0.1, 0.15) is 24.0 Å². The zero-order valence-corrected chi connectivity index (χ0v) is 15.2. The molecule has 0 bridgehead atoms. The quantitative estimate of drug-likeness (QED) is 0.805. The van der Waals surface area contributed by atoms with Crippen LogP contribution in [0.2, 0.25) is 0 Å². The Bertz CT molecular complexity index is 706. The second-order valence-corrected chi connectivity index (χ2v) is 7.37. The number of hydrogen-bond donors (Lipinski definition) is 1. The van der Waals surface area contributed by atoms with Crippen molar-refractivity contribution in [1.82, 2.24) is 0 Å². The number of rotatable bonds is 5. The summed E-state index contributed by atoms with van der Waals surface area (Å²) in [5.74, 6) is 0.461. The van der Waals surface area contributed by atoms with Gasteiger partial charge >= 0.3 is 0 Å². The van der Waals surface area contributed by atoms with E-state index in [0.717, 1.165) is 23.7 Å². The van der Waals surface area contributed by atoms with Gasteiger partial charge in [-0.25, -0.2) is 0 Å². The summed E-state index contributed by atoms with van der Waals surface area (Å²) >= 11 is 1.57. The summed E-state index contributed by atoms with van der Waals surface area (Å²) in [6.07, 6.45) is 2.54. The van der Waals surface area contributed by atoms with Crippen LogP contribution in [0.5, 0.6) is 0 Å². The Kier molecular flexibility index (Phi) is 5.46. The fourth-order valence-electron chi connectivity index (χ4n) is 2.88. The highest BCUT2D eigenvalue weighted by atomic mass is 32.2. The van der Waals surface area contributed by atoms with E-state index >= 15 is 0 Å². The van der Waals surface area contributed by atoms with Gasteiger partial charge < -0.3 is 10.2 Å². The first kappa shape index (κ1) is 16.9. The van der Waals surface area contributed by atoms with Crippen molar-refractivity contribution in [3.8, 4) is 0 Å². The molecule has 0 radical (unpaired) electrons. The first-order valence-corrected chi connectivity index (χ1v) is 9.45. The number of amides is 1. The fraction of sp³-hybridized carbons (Fsp3) is 0.350. The number of benzene rings is 2. The molecule has 0 unspecified atom stereocenters. The average molecular weight is 340 g/mol. The lowest BCUT2D eigenvalue weighted by Crippen LogP contribution is -2.18. The van der Waals surface area contributed by atoms with E-state index in [4.69, 9.17) is 0 Å². The zero-order chi connectivity index (χ0) is 16.9. The second-order valence-electron chi connectivity index (χ2n) is 6.32. The minimum absolute atomic E-state index is 0.0344. The minimum atomic E-state index is 0.0344. The summed E-state index contributed by atoms with van der Waals surface area (Å²) in [7, 11) is 0. The summed E-state index contributed by atoms with van der Waals surface area (Å²) in [4.78, 5) is 15.7. The van der Waals surface area contributed by atoms with E-state index in [-0.39, 0.29) is 5.91 Å². The first-order valence-electron chi connectivity index (χ1n) is 8.47. The lowest BCUT2D eigenvalue weighted by molar-refractivity contribution is -0.113. The first-order chi connectivity index (χ1) is 11.6. The normalized spacial score (nSPS) is 14.0. The molecule has 0 atom stereocenters. The molecule has 24 heavy (non-hydrogen) atoms. The molecule has 0 aliphatic carbocycles. The Morgan fingerprint density at radius 2 is 1.75 bits per heavy atom. The molecule has 1 saturated heterocycles. The molecule has 1 amide bonds. The molecule has 3 rings (SSSR count). The molecule has 0 saturated carbocycles. The van der Waals surface area contributed by atoms with Crippen molar-refractivity contribution < 1.29 is 4.79 Å². The molecule has 0 aromatic heterocycles. The third kappa shape index (κ3) is 4.32. The van der Waals surface area contributed by atoms with E-state index in [1.807, 2.05) is 12.1 Å². The molecule has 2 aromatic rings. The Morgan fingerprint density at radius 3 is 2.42 bits per heavy atom. The summed E-state index contributed by atoms with van der Waals surface area (Å²) in [6.45, 7) is 6.47. The third-order valence-electron chi connectivity index (χ3n) is 4.47. The van der Waals surface area contributed by atoms with Crippen LogP contribution < -0.4 is 10.2 Å². The van der Waals surface area contributed by atoms with Crippen molar-refractivity contribution in [3.63, 3.8) is 0 Å². The van der Waals surface area contributed by atoms with Crippen molar-refractivity contribution in [3.05, 3.63) is 53.6 Å². The largest absolute Gasteiger partial charge is 0.372 e. The van der Waals surface area contributed by atoms with Crippen LogP contribution >= 0.6 is 11.8 Å². The van der Waals surface area contributed by atoms with E-state index in [1.54, 1.807) is 11.8 Å². The van der Waals surface area contributed by atoms with Gasteiger partial charge in [-0.1, -0.05) is 6.07 Å². The van der Waals surface area contributed by atoms with Crippen LogP contribution in [0.25, 0.3) is 0 Å². The van der Waals surface area contributed by atoms with E-state index in [2.05, 4.69) is 54.4 Å². The summed E-state index contributed by atoms with van der Waals surface area (Å²) in [6, 6.07) is 14.5. The van der Waals surface area contributed by atoms with Crippen molar-refractivity contribution in [2.45, 2.75) is 31.6 Å². The zero-order valence-electron chi connectivity index (χ0n) is 14.3. The Balaban J connectivity index is 1.51. The minimum Gasteiger partial charge on any atom is -0.372 e. The molecule has 1 aliphatic heterocycles. The van der Waals surface area contributed by atoms with E-state index in [9.17, 15) is 4.79 Å². The number of aryl methyl sites for hydroxylation is 2. The predicted molar refractivity (Wildman–Crippen MR) is 103 cm³/mol. The van der Waals surface area contributed by atoms with E-state index in [1.165, 1.54) is 29.7 Å². The standard InChI is InChI=1S/C20H24N2OS/c1-15-5-10-19(13-16(15)2)24-14-20(23)21-17-6-8-18(9-7-17)22-11-3-4-12-22/h5-10,13H,3-4,11-12,14H2,1-2H3,(H,21,23). The number of nitrogens with one attached hydrogen (secondary N) is 1. The molecule has 1 fully saturated rings. The molecule has 3 nitrogen and oxygen atoms in total. The van der Waals surface area contributed by atoms with Gasteiger partial charge in [0, 0.05) is 29.4 Å². The maximum absolute atomic E-state index is 12.1. The van der Waals surface area contributed by atoms with Crippen LogP contribution in [-0.4, -0.2) is 24.7 Å². The second kappa shape index (κ2) is 7.75. The fourth-order valence-corrected chi connectivity index (χ4v) is 3.67. The highest BCUT2D eigenvalue weighted by Gasteiger charge is 2.12. The average Bonchev–Trinajstić information content (AvgIpc) is 3.11. The molecule has 1 aliphatic rings. The molecule has 0 spiro atoms.